The molecule has 0 aliphatic carbocycles. The summed E-state index contributed by atoms with van der Waals surface area (Å²) < 4.78 is 0. The molecule has 1 aliphatic rings. The topological polar surface area (TPSA) is 124 Å². The maximum absolute atomic E-state index is 12.0. The summed E-state index contributed by atoms with van der Waals surface area (Å²) in [6.07, 6.45) is 1.65. The van der Waals surface area contributed by atoms with E-state index in [9.17, 15) is 19.2 Å². The molecule has 3 atom stereocenters. The number of nitrogens with one attached hydrogen (secondary N) is 1. The number of hydrogen-bond acceptors (Lipinski definition) is 4. The highest BCUT2D eigenvalue weighted by Gasteiger charge is 2.35. The number of rotatable bonds is 4. The molecule has 0 aromatic carbocycles. The highest BCUT2D eigenvalue weighted by atomic mass is 16.4. The van der Waals surface area contributed by atoms with Crippen molar-refractivity contribution in [2.75, 3.05) is 6.54 Å². The molecule has 8 nitrogen and oxygen atoms in total. The second-order valence-electron chi connectivity index (χ2n) is 5.24. The molecule has 118 valence electrons. The molecule has 0 bridgehead atoms. The summed E-state index contributed by atoms with van der Waals surface area (Å²) in [5.41, 5.74) is 0. The average Bonchev–Trinajstić information content (AvgIpc) is 2.45. The fraction of sp³-hybridized carbons (Fsp3) is 0.692. The lowest BCUT2D eigenvalue weighted by molar-refractivity contribution is -0.156. The molecule has 3 N–H and O–H groups in total. The van der Waals surface area contributed by atoms with Crippen LogP contribution in [0.4, 0.5) is 0 Å². The molecule has 1 rings (SSSR count). The van der Waals surface area contributed by atoms with E-state index in [1.165, 1.54) is 13.8 Å². The summed E-state index contributed by atoms with van der Waals surface area (Å²) in [6.45, 7) is 3.11. The monoisotopic (exact) mass is 300 g/mol. The van der Waals surface area contributed by atoms with Gasteiger partial charge in [-0.15, -0.1) is 0 Å². The molecule has 0 aromatic heterocycles. The van der Waals surface area contributed by atoms with Crippen LogP contribution in [0.15, 0.2) is 0 Å². The molecular formula is C13H20N2O6. The summed E-state index contributed by atoms with van der Waals surface area (Å²) in [7, 11) is 0. The number of nitrogens with zero attached hydrogens (tertiary/aromatic N) is 1. The molecule has 1 heterocycles. The standard InChI is InChI=1S/C13H20N2O6/c1-7(12(18)19)8(2)14-10(16)11(17)15-6-4-3-5-9(15)13(20)21/h7-9H,3-6H2,1-2H3,(H,14,16)(H,18,19)(H,20,21)/t7?,8?,9-/m0/s1. The van der Waals surface area contributed by atoms with Crippen molar-refractivity contribution >= 4 is 23.8 Å². The van der Waals surface area contributed by atoms with Crippen LogP contribution in [0.25, 0.3) is 0 Å². The van der Waals surface area contributed by atoms with E-state index in [1.54, 1.807) is 0 Å². The molecule has 0 radical (unpaired) electrons. The first-order valence-corrected chi connectivity index (χ1v) is 6.82. The van der Waals surface area contributed by atoms with Crippen LogP contribution >= 0.6 is 0 Å². The minimum absolute atomic E-state index is 0.214. The smallest absolute Gasteiger partial charge is 0.326 e. The van der Waals surface area contributed by atoms with E-state index in [1.807, 2.05) is 0 Å². The number of carbonyl (C=O) groups is 4. The highest BCUT2D eigenvalue weighted by Crippen LogP contribution is 2.17. The lowest BCUT2D eigenvalue weighted by atomic mass is 10.0. The van der Waals surface area contributed by atoms with E-state index in [0.717, 1.165) is 4.90 Å². The Morgan fingerprint density at radius 2 is 1.76 bits per heavy atom. The number of carboxylic acids is 2. The quantitative estimate of drug-likeness (QED) is 0.611. The highest BCUT2D eigenvalue weighted by molar-refractivity contribution is 6.35. The number of carboxylic acid groups (broad SMARTS) is 2. The summed E-state index contributed by atoms with van der Waals surface area (Å²) in [5, 5.41) is 20.2. The van der Waals surface area contributed by atoms with Gasteiger partial charge in [-0.3, -0.25) is 14.4 Å². The number of likely N-dealkylation sites (tertiary alicyclic amines) is 1. The number of hydrogen-bond donors (Lipinski definition) is 3. The largest absolute Gasteiger partial charge is 0.481 e. The maximum atomic E-state index is 12.0. The zero-order valence-corrected chi connectivity index (χ0v) is 12.0. The molecule has 0 saturated carbocycles. The Kier molecular flexibility index (Phi) is 5.69. The minimum Gasteiger partial charge on any atom is -0.481 e. The first-order chi connectivity index (χ1) is 9.75. The van der Waals surface area contributed by atoms with Gasteiger partial charge in [0.2, 0.25) is 0 Å². The number of piperidine rings is 1. The van der Waals surface area contributed by atoms with Gasteiger partial charge in [-0.2, -0.15) is 0 Å². The van der Waals surface area contributed by atoms with Crippen LogP contribution in [0.3, 0.4) is 0 Å². The van der Waals surface area contributed by atoms with Gasteiger partial charge in [-0.25, -0.2) is 4.79 Å². The van der Waals surface area contributed by atoms with Crippen LogP contribution in [0.5, 0.6) is 0 Å². The Labute approximate surface area is 122 Å². The Hall–Kier alpha value is -2.12. The predicted molar refractivity (Wildman–Crippen MR) is 71.4 cm³/mol. The number of amides is 2. The molecular weight excluding hydrogens is 280 g/mol. The van der Waals surface area contributed by atoms with Crippen LogP contribution in [-0.2, 0) is 19.2 Å². The maximum Gasteiger partial charge on any atom is 0.326 e. The van der Waals surface area contributed by atoms with Crippen molar-refractivity contribution in [1.29, 1.82) is 0 Å². The van der Waals surface area contributed by atoms with E-state index in [4.69, 9.17) is 10.2 Å². The van der Waals surface area contributed by atoms with Crippen LogP contribution in [-0.4, -0.2) is 57.5 Å². The van der Waals surface area contributed by atoms with Crippen molar-refractivity contribution in [2.24, 2.45) is 5.92 Å². The summed E-state index contributed by atoms with van der Waals surface area (Å²) in [5.74, 6) is -4.96. The Morgan fingerprint density at radius 1 is 1.14 bits per heavy atom. The van der Waals surface area contributed by atoms with Gasteiger partial charge in [0.15, 0.2) is 0 Å². The fourth-order valence-electron chi connectivity index (χ4n) is 2.17. The third-order valence-electron chi connectivity index (χ3n) is 3.74. The van der Waals surface area contributed by atoms with Crippen molar-refractivity contribution in [2.45, 2.75) is 45.2 Å². The van der Waals surface area contributed by atoms with Crippen molar-refractivity contribution < 1.29 is 29.4 Å². The van der Waals surface area contributed by atoms with Gasteiger partial charge in [0.25, 0.3) is 0 Å². The van der Waals surface area contributed by atoms with Crippen LogP contribution in [0, 0.1) is 5.92 Å². The van der Waals surface area contributed by atoms with Crippen molar-refractivity contribution in [3.63, 3.8) is 0 Å². The molecule has 2 amide bonds. The van der Waals surface area contributed by atoms with Crippen molar-refractivity contribution in [3.05, 3.63) is 0 Å². The Morgan fingerprint density at radius 3 is 2.29 bits per heavy atom. The minimum atomic E-state index is -1.14. The summed E-state index contributed by atoms with van der Waals surface area (Å²) in [6, 6.07) is -1.73. The van der Waals surface area contributed by atoms with Crippen molar-refractivity contribution in [3.8, 4) is 0 Å². The SMILES string of the molecule is CC(NC(=O)C(=O)N1CCCC[C@H]1C(=O)O)C(C)C(=O)O. The van der Waals surface area contributed by atoms with Gasteiger partial charge in [0.1, 0.15) is 6.04 Å². The molecule has 1 fully saturated rings. The van der Waals surface area contributed by atoms with Gasteiger partial charge in [-0.1, -0.05) is 0 Å². The second-order valence-corrected chi connectivity index (χ2v) is 5.24. The molecule has 1 aliphatic heterocycles. The van der Waals surface area contributed by atoms with Gasteiger partial charge in [0.05, 0.1) is 5.92 Å². The first-order valence-electron chi connectivity index (χ1n) is 6.82. The lowest BCUT2D eigenvalue weighted by Crippen LogP contribution is -2.54. The zero-order valence-electron chi connectivity index (χ0n) is 12.0. The summed E-state index contributed by atoms with van der Waals surface area (Å²) in [4.78, 5) is 46.9. The van der Waals surface area contributed by atoms with Crippen molar-refractivity contribution in [1.82, 2.24) is 10.2 Å². The fourth-order valence-corrected chi connectivity index (χ4v) is 2.17. The Bertz CT molecular complexity index is 450. The van der Waals surface area contributed by atoms with E-state index in [-0.39, 0.29) is 6.54 Å². The third-order valence-corrected chi connectivity index (χ3v) is 3.74. The molecule has 1 saturated heterocycles. The third kappa shape index (κ3) is 4.17. The predicted octanol–water partition coefficient (Wildman–Crippen LogP) is -0.322. The average molecular weight is 300 g/mol. The van der Waals surface area contributed by atoms with Gasteiger partial charge >= 0.3 is 23.8 Å². The van der Waals surface area contributed by atoms with Crippen LogP contribution < -0.4 is 5.32 Å². The molecule has 2 unspecified atom stereocenters. The van der Waals surface area contributed by atoms with E-state index in [0.29, 0.717) is 19.3 Å². The van der Waals surface area contributed by atoms with Crippen LogP contribution in [0.2, 0.25) is 0 Å². The molecule has 21 heavy (non-hydrogen) atoms. The lowest BCUT2D eigenvalue weighted by Gasteiger charge is -2.32. The number of carbonyl (C=O) groups excluding carboxylic acids is 2. The molecule has 8 heteroatoms. The normalized spacial score (nSPS) is 21.2. The van der Waals surface area contributed by atoms with E-state index in [2.05, 4.69) is 5.32 Å². The van der Waals surface area contributed by atoms with E-state index < -0.39 is 41.8 Å². The summed E-state index contributed by atoms with van der Waals surface area (Å²) >= 11 is 0. The number of aliphatic carboxylic acids is 2. The molecule has 0 aromatic rings. The van der Waals surface area contributed by atoms with Gasteiger partial charge in [-0.05, 0) is 33.1 Å². The second kappa shape index (κ2) is 7.05. The van der Waals surface area contributed by atoms with Gasteiger partial charge in [0, 0.05) is 12.6 Å². The molecule has 0 spiro atoms. The Balaban J connectivity index is 2.70. The van der Waals surface area contributed by atoms with E-state index >= 15 is 0 Å². The zero-order chi connectivity index (χ0) is 16.2. The van der Waals surface area contributed by atoms with Gasteiger partial charge < -0.3 is 20.4 Å². The van der Waals surface area contributed by atoms with Crippen LogP contribution in [0.1, 0.15) is 33.1 Å². The first kappa shape index (κ1) is 16.9.